The summed E-state index contributed by atoms with van der Waals surface area (Å²) in [5, 5.41) is 11.2. The fourth-order valence-electron chi connectivity index (χ4n) is 3.25. The van der Waals surface area contributed by atoms with Crippen LogP contribution in [0.5, 0.6) is 17.2 Å². The van der Waals surface area contributed by atoms with E-state index in [1.165, 1.54) is 5.69 Å². The van der Waals surface area contributed by atoms with Crippen LogP contribution in [0.3, 0.4) is 0 Å². The van der Waals surface area contributed by atoms with Crippen molar-refractivity contribution in [2.45, 2.75) is 33.4 Å². The summed E-state index contributed by atoms with van der Waals surface area (Å²) in [5.74, 6) is 2.95. The minimum atomic E-state index is 0. The summed E-state index contributed by atoms with van der Waals surface area (Å²) < 4.78 is 13.3. The van der Waals surface area contributed by atoms with Crippen LogP contribution in [-0.2, 0) is 13.1 Å². The van der Waals surface area contributed by atoms with Crippen LogP contribution >= 0.6 is 24.0 Å². The third-order valence-electron chi connectivity index (χ3n) is 4.85. The number of hydrogen-bond acceptors (Lipinski definition) is 4. The first-order valence-corrected chi connectivity index (χ1v) is 10.4. The van der Waals surface area contributed by atoms with Gasteiger partial charge in [-0.1, -0.05) is 24.3 Å². The van der Waals surface area contributed by atoms with Gasteiger partial charge in [0, 0.05) is 32.4 Å². The first-order chi connectivity index (χ1) is 15.1. The Balaban J connectivity index is 0.00000363. The van der Waals surface area contributed by atoms with Crippen molar-refractivity contribution in [3.8, 4) is 17.2 Å². The molecule has 172 valence electrons. The number of rotatable bonds is 9. The number of para-hydroxylation sites is 2. The minimum absolute atomic E-state index is 0. The molecule has 0 aliphatic heterocycles. The molecule has 0 unspecified atom stereocenters. The van der Waals surface area contributed by atoms with Crippen molar-refractivity contribution in [1.82, 2.24) is 20.4 Å². The maximum Gasteiger partial charge on any atom is 0.191 e. The monoisotopic (exact) mass is 549 g/mol. The van der Waals surface area contributed by atoms with E-state index < -0.39 is 0 Å². The van der Waals surface area contributed by atoms with Crippen molar-refractivity contribution in [3.05, 3.63) is 71.5 Å². The van der Waals surface area contributed by atoms with Gasteiger partial charge in [-0.25, -0.2) is 0 Å². The molecule has 2 aromatic carbocycles. The average molecular weight is 549 g/mol. The zero-order valence-corrected chi connectivity index (χ0v) is 21.4. The number of aromatic nitrogens is 2. The van der Waals surface area contributed by atoms with Crippen molar-refractivity contribution in [2.75, 3.05) is 20.7 Å². The van der Waals surface area contributed by atoms with E-state index in [9.17, 15) is 0 Å². The number of benzene rings is 2. The van der Waals surface area contributed by atoms with Crippen LogP contribution in [0.15, 0.2) is 59.6 Å². The lowest BCUT2D eigenvalue weighted by atomic mass is 10.2. The second-order valence-corrected chi connectivity index (χ2v) is 7.25. The Kier molecular flexibility index (Phi) is 10.3. The molecule has 1 aromatic heterocycles. The topological polar surface area (TPSA) is 72.7 Å². The van der Waals surface area contributed by atoms with Crippen molar-refractivity contribution < 1.29 is 9.47 Å². The van der Waals surface area contributed by atoms with Gasteiger partial charge in [0.15, 0.2) is 17.5 Å². The number of halogens is 1. The van der Waals surface area contributed by atoms with Gasteiger partial charge in [0.1, 0.15) is 5.75 Å². The van der Waals surface area contributed by atoms with Crippen LogP contribution in [0.2, 0.25) is 0 Å². The van der Waals surface area contributed by atoms with Crippen LogP contribution in [0.4, 0.5) is 0 Å². The van der Waals surface area contributed by atoms with Gasteiger partial charge in [-0.3, -0.25) is 9.67 Å². The van der Waals surface area contributed by atoms with Crippen molar-refractivity contribution in [1.29, 1.82) is 0 Å². The summed E-state index contributed by atoms with van der Waals surface area (Å²) in [4.78, 5) is 4.30. The molecule has 0 saturated heterocycles. The predicted octanol–water partition coefficient (Wildman–Crippen LogP) is 4.67. The smallest absolute Gasteiger partial charge is 0.191 e. The predicted molar refractivity (Wildman–Crippen MR) is 139 cm³/mol. The summed E-state index contributed by atoms with van der Waals surface area (Å²) in [6.07, 6.45) is 0.970. The molecule has 8 heteroatoms. The first kappa shape index (κ1) is 25.5. The zero-order chi connectivity index (χ0) is 22.1. The third-order valence-corrected chi connectivity index (χ3v) is 4.85. The van der Waals surface area contributed by atoms with E-state index in [1.54, 1.807) is 14.2 Å². The normalized spacial score (nSPS) is 10.9. The maximum atomic E-state index is 5.93. The SMILES string of the molecule is CN=C(NCCCn1nc(C)cc1C)NCc1ccc(Oc2ccccc2OC)cc1.I. The molecule has 3 aromatic rings. The van der Waals surface area contributed by atoms with E-state index in [2.05, 4.69) is 33.7 Å². The molecule has 3 rings (SSSR count). The third kappa shape index (κ3) is 7.44. The number of ether oxygens (including phenoxy) is 2. The highest BCUT2D eigenvalue weighted by atomic mass is 127. The Bertz CT molecular complexity index is 1000. The Labute approximate surface area is 207 Å². The second-order valence-electron chi connectivity index (χ2n) is 7.25. The fraction of sp³-hybridized carbons (Fsp3) is 0.333. The molecule has 7 nitrogen and oxygen atoms in total. The van der Waals surface area contributed by atoms with Gasteiger partial charge in [0.25, 0.3) is 0 Å². The molecule has 1 heterocycles. The van der Waals surface area contributed by atoms with Crippen LogP contribution in [0.25, 0.3) is 0 Å². The van der Waals surface area contributed by atoms with E-state index in [0.29, 0.717) is 18.0 Å². The minimum Gasteiger partial charge on any atom is -0.493 e. The number of guanidine groups is 1. The van der Waals surface area contributed by atoms with E-state index in [4.69, 9.17) is 9.47 Å². The van der Waals surface area contributed by atoms with Gasteiger partial charge in [-0.15, -0.1) is 24.0 Å². The first-order valence-electron chi connectivity index (χ1n) is 10.4. The average Bonchev–Trinajstić information content (AvgIpc) is 3.11. The van der Waals surface area contributed by atoms with E-state index >= 15 is 0 Å². The van der Waals surface area contributed by atoms with Gasteiger partial charge in [0.05, 0.1) is 12.8 Å². The lowest BCUT2D eigenvalue weighted by molar-refractivity contribution is 0.379. The summed E-state index contributed by atoms with van der Waals surface area (Å²) >= 11 is 0. The molecule has 0 aliphatic carbocycles. The molecule has 0 aliphatic rings. The molecule has 0 atom stereocenters. The van der Waals surface area contributed by atoms with E-state index in [0.717, 1.165) is 42.5 Å². The highest BCUT2D eigenvalue weighted by Crippen LogP contribution is 2.30. The molecular weight excluding hydrogens is 517 g/mol. The van der Waals surface area contributed by atoms with E-state index in [-0.39, 0.29) is 24.0 Å². The number of hydrogen-bond donors (Lipinski definition) is 2. The molecule has 0 bridgehead atoms. The summed E-state index contributed by atoms with van der Waals surface area (Å²) in [6.45, 7) is 6.48. The molecule has 0 fully saturated rings. The lowest BCUT2D eigenvalue weighted by Crippen LogP contribution is -2.37. The largest absolute Gasteiger partial charge is 0.493 e. The molecule has 0 saturated carbocycles. The van der Waals surface area contributed by atoms with Crippen LogP contribution in [0.1, 0.15) is 23.4 Å². The summed E-state index contributed by atoms with van der Waals surface area (Å²) in [6, 6.07) is 17.7. The molecule has 0 spiro atoms. The van der Waals surface area contributed by atoms with Crippen LogP contribution < -0.4 is 20.1 Å². The quantitative estimate of drug-likeness (QED) is 0.176. The van der Waals surface area contributed by atoms with Crippen molar-refractivity contribution >= 4 is 29.9 Å². The fourth-order valence-corrected chi connectivity index (χ4v) is 3.25. The van der Waals surface area contributed by atoms with Crippen molar-refractivity contribution in [2.24, 2.45) is 4.99 Å². The van der Waals surface area contributed by atoms with Crippen LogP contribution in [-0.4, -0.2) is 36.4 Å². The molecule has 32 heavy (non-hydrogen) atoms. The number of methoxy groups -OCH3 is 1. The summed E-state index contributed by atoms with van der Waals surface area (Å²) in [5.41, 5.74) is 3.39. The van der Waals surface area contributed by atoms with Crippen molar-refractivity contribution in [3.63, 3.8) is 0 Å². The Hall–Kier alpha value is -2.75. The van der Waals surface area contributed by atoms with E-state index in [1.807, 2.05) is 60.1 Å². The Morgan fingerprint density at radius 3 is 2.38 bits per heavy atom. The highest BCUT2D eigenvalue weighted by Gasteiger charge is 2.05. The molecular formula is C24H32IN5O2. The van der Waals surface area contributed by atoms with Gasteiger partial charge in [-0.05, 0) is 56.2 Å². The van der Waals surface area contributed by atoms with Gasteiger partial charge in [-0.2, -0.15) is 5.10 Å². The number of nitrogens with one attached hydrogen (secondary N) is 2. The number of aliphatic imine (C=N–C) groups is 1. The second kappa shape index (κ2) is 12.9. The zero-order valence-electron chi connectivity index (χ0n) is 19.1. The summed E-state index contributed by atoms with van der Waals surface area (Å²) in [7, 11) is 3.41. The number of nitrogens with zero attached hydrogens (tertiary/aromatic N) is 3. The van der Waals surface area contributed by atoms with Gasteiger partial charge < -0.3 is 20.1 Å². The molecule has 0 radical (unpaired) electrons. The van der Waals surface area contributed by atoms with Gasteiger partial charge in [0.2, 0.25) is 0 Å². The molecule has 2 N–H and O–H groups in total. The maximum absolute atomic E-state index is 5.93. The lowest BCUT2D eigenvalue weighted by Gasteiger charge is -2.13. The Morgan fingerprint density at radius 2 is 1.75 bits per heavy atom. The Morgan fingerprint density at radius 1 is 1.03 bits per heavy atom. The van der Waals surface area contributed by atoms with Crippen LogP contribution in [0, 0.1) is 13.8 Å². The highest BCUT2D eigenvalue weighted by molar-refractivity contribution is 14.0. The number of aryl methyl sites for hydroxylation is 3. The van der Waals surface area contributed by atoms with Gasteiger partial charge >= 0.3 is 0 Å². The standard InChI is InChI=1S/C24H31N5O2.HI/c1-18-16-19(2)29(28-18)15-7-14-26-24(25-3)27-17-20-10-12-21(13-11-20)31-23-9-6-5-8-22(23)30-4;/h5-6,8-13,16H,7,14-15,17H2,1-4H3,(H2,25,26,27);1H. The molecule has 0 amide bonds.